The smallest absolute Gasteiger partial charge is 0.326 e. The van der Waals surface area contributed by atoms with E-state index in [1.807, 2.05) is 0 Å². The summed E-state index contributed by atoms with van der Waals surface area (Å²) in [6, 6.07) is -9.53. The van der Waals surface area contributed by atoms with Crippen molar-refractivity contribution in [2.45, 2.75) is 165 Å². The number of aromatic nitrogens is 2. The number of aromatic amines is 1. The van der Waals surface area contributed by atoms with Crippen LogP contribution in [0.2, 0.25) is 0 Å². The molecule has 0 saturated carbocycles. The molecule has 0 unspecified atom stereocenters. The molecule has 11 amide bonds. The number of benzene rings is 1. The van der Waals surface area contributed by atoms with Gasteiger partial charge in [0, 0.05) is 50.5 Å². The van der Waals surface area contributed by atoms with Crippen LogP contribution in [0.1, 0.15) is 103 Å². The molecule has 3 rings (SSSR count). The molecular weight excluding hydrogens is 1150 g/mol. The summed E-state index contributed by atoms with van der Waals surface area (Å²) in [4.78, 5) is 191. The molecule has 1 saturated heterocycles. The van der Waals surface area contributed by atoms with Crippen LogP contribution in [0.15, 0.2) is 36.8 Å². The normalized spacial score (nSPS) is 16.0. The van der Waals surface area contributed by atoms with Gasteiger partial charge in [0.05, 0.1) is 18.8 Å². The summed E-state index contributed by atoms with van der Waals surface area (Å²) in [5.74, 6) is -15.0. The van der Waals surface area contributed by atoms with E-state index in [2.05, 4.69) is 52.5 Å². The molecule has 1 aromatic heterocycles. The van der Waals surface area contributed by atoms with Gasteiger partial charge < -0.3 is 90.0 Å². The van der Waals surface area contributed by atoms with Gasteiger partial charge >= 0.3 is 17.9 Å². The number of aromatic hydroxyl groups is 1. The van der Waals surface area contributed by atoms with Gasteiger partial charge in [-0.05, 0) is 87.5 Å². The van der Waals surface area contributed by atoms with E-state index < -0.39 is 169 Å². The third kappa shape index (κ3) is 24.8. The standard InChI is InChI=1S/C53H78N14O18S/c1-26(2)20-35(64-45(76)31(54)11-14-40(55)69)48(79)62-34(12-15-41(56)70)52(83)67-18-5-6-39(67)51(82)65-37(23-43(73)74)50(81)61-33(17-19-86-4)47(78)60-32(13-16-42(71)72)46(77)59-27(3)44(75)63-36(22-29-24-57-25-58-29)49(80)66-38(53(84)85)21-28-7-9-30(68)10-8-28/h7-10,24-27,31-39,68H,5-6,11-23,54H2,1-4H3,(H2,55,69)(H2,56,70)(H,57,58)(H,59,77)(H,60,78)(H,61,81)(H,62,79)(H,63,75)(H,64,76)(H,65,82)(H,66,80)(H,71,72)(H,73,74)(H,84,85)/t27-,31-,32-,33-,34-,35-,36-,37-,38-,39-/m0/s1. The Bertz CT molecular complexity index is 2730. The van der Waals surface area contributed by atoms with Crippen molar-refractivity contribution in [3.05, 3.63) is 48.0 Å². The van der Waals surface area contributed by atoms with E-state index in [4.69, 9.17) is 17.2 Å². The van der Waals surface area contributed by atoms with E-state index in [9.17, 15) is 87.5 Å². The molecule has 1 aliphatic rings. The van der Waals surface area contributed by atoms with E-state index in [1.54, 1.807) is 20.1 Å². The average molecular weight is 1230 g/mol. The number of phenols is 1. The minimum atomic E-state index is -1.92. The van der Waals surface area contributed by atoms with Crippen molar-refractivity contribution in [3.63, 3.8) is 0 Å². The van der Waals surface area contributed by atoms with Gasteiger partial charge in [0.2, 0.25) is 65.0 Å². The Morgan fingerprint density at radius 2 is 1.16 bits per heavy atom. The molecule has 0 spiro atoms. The zero-order valence-corrected chi connectivity index (χ0v) is 48.8. The van der Waals surface area contributed by atoms with Crippen molar-refractivity contribution in [1.29, 1.82) is 0 Å². The highest BCUT2D eigenvalue weighted by Crippen LogP contribution is 2.21. The molecular formula is C53H78N14O18S. The lowest BCUT2D eigenvalue weighted by atomic mass is 10.0. The largest absolute Gasteiger partial charge is 0.508 e. The van der Waals surface area contributed by atoms with Crippen LogP contribution in [-0.2, 0) is 80.0 Å². The molecule has 0 bridgehead atoms. The van der Waals surface area contributed by atoms with Gasteiger partial charge in [-0.1, -0.05) is 26.0 Å². The molecule has 2 aromatic rings. The van der Waals surface area contributed by atoms with Crippen LogP contribution in [0.3, 0.4) is 0 Å². The maximum atomic E-state index is 14.3. The summed E-state index contributed by atoms with van der Waals surface area (Å²) >= 11 is 1.21. The van der Waals surface area contributed by atoms with Crippen molar-refractivity contribution >= 4 is 94.6 Å². The maximum Gasteiger partial charge on any atom is 0.326 e. The second-order valence-electron chi connectivity index (χ2n) is 20.9. The number of imidazole rings is 1. The maximum absolute atomic E-state index is 14.3. The SMILES string of the molecule is CSCC[C@H](NC(=O)[C@H](CC(=O)O)NC(=O)[C@@H]1CCCN1C(=O)[C@H](CCC(N)=O)NC(=O)[C@H](CC(C)C)NC(=O)[C@@H](N)CCC(N)=O)C(=O)N[C@@H](CCC(=O)O)C(=O)N[C@@H](C)C(=O)N[C@@H](Cc1cnc[nH]1)C(=O)N[C@@H](Cc1ccc(O)cc1)C(=O)O. The van der Waals surface area contributed by atoms with Crippen LogP contribution >= 0.6 is 11.8 Å². The van der Waals surface area contributed by atoms with Crippen LogP contribution in [0, 0.1) is 5.92 Å². The Morgan fingerprint density at radius 1 is 0.628 bits per heavy atom. The zero-order chi connectivity index (χ0) is 64.4. The first-order valence-electron chi connectivity index (χ1n) is 27.5. The lowest BCUT2D eigenvalue weighted by Gasteiger charge is -2.31. The van der Waals surface area contributed by atoms with Crippen molar-refractivity contribution in [3.8, 4) is 5.75 Å². The van der Waals surface area contributed by atoms with Gasteiger partial charge in [-0.2, -0.15) is 11.8 Å². The molecule has 2 heterocycles. The Hall–Kier alpha value is -8.88. The van der Waals surface area contributed by atoms with E-state index >= 15 is 0 Å². The van der Waals surface area contributed by atoms with Crippen molar-refractivity contribution in [2.24, 2.45) is 23.1 Å². The molecule has 86 heavy (non-hydrogen) atoms. The summed E-state index contributed by atoms with van der Waals surface area (Å²) in [5.41, 5.74) is 17.3. The number of H-pyrrole nitrogens is 1. The van der Waals surface area contributed by atoms with Crippen molar-refractivity contribution in [2.75, 3.05) is 18.6 Å². The Balaban J connectivity index is 1.81. The van der Waals surface area contributed by atoms with Gasteiger partial charge in [0.15, 0.2) is 0 Å². The number of aliphatic carboxylic acids is 3. The fraction of sp³-hybridized carbons (Fsp3) is 0.566. The minimum absolute atomic E-state index is 0.0269. The third-order valence-corrected chi connectivity index (χ3v) is 14.0. The highest BCUT2D eigenvalue weighted by atomic mass is 32.2. The van der Waals surface area contributed by atoms with E-state index in [-0.39, 0.29) is 81.8 Å². The second-order valence-corrected chi connectivity index (χ2v) is 21.9. The highest BCUT2D eigenvalue weighted by Gasteiger charge is 2.41. The number of carbonyl (C=O) groups is 14. The molecule has 32 nitrogen and oxygen atoms in total. The van der Waals surface area contributed by atoms with Crippen molar-refractivity contribution in [1.82, 2.24) is 57.4 Å². The fourth-order valence-corrected chi connectivity index (χ4v) is 9.28. The third-order valence-electron chi connectivity index (χ3n) is 13.4. The number of hydrogen-bond donors (Lipinski definition) is 16. The topological polar surface area (TPSA) is 526 Å². The van der Waals surface area contributed by atoms with Gasteiger partial charge in [-0.25, -0.2) is 9.78 Å². The Labute approximate surface area is 498 Å². The number of carbonyl (C=O) groups excluding carboxylic acids is 11. The van der Waals surface area contributed by atoms with E-state index in [0.29, 0.717) is 11.3 Å². The molecule has 1 aliphatic heterocycles. The first-order chi connectivity index (χ1) is 40.5. The predicted octanol–water partition coefficient (Wildman–Crippen LogP) is -4.13. The fourth-order valence-electron chi connectivity index (χ4n) is 8.81. The molecule has 10 atom stereocenters. The van der Waals surface area contributed by atoms with Gasteiger partial charge in [-0.15, -0.1) is 0 Å². The number of amides is 11. The average Bonchev–Trinajstić information content (AvgIpc) is 3.71. The van der Waals surface area contributed by atoms with E-state index in [1.165, 1.54) is 55.5 Å². The summed E-state index contributed by atoms with van der Waals surface area (Å²) in [6.07, 6.45) is 0.399. The molecule has 474 valence electrons. The summed E-state index contributed by atoms with van der Waals surface area (Å²) in [7, 11) is 0. The molecule has 0 aliphatic carbocycles. The number of primary amides is 2. The lowest BCUT2D eigenvalue weighted by Crippen LogP contribution is -2.60. The van der Waals surface area contributed by atoms with Crippen molar-refractivity contribution < 1.29 is 87.5 Å². The minimum Gasteiger partial charge on any atom is -0.508 e. The molecule has 1 aromatic carbocycles. The number of nitrogens with one attached hydrogen (secondary N) is 9. The van der Waals surface area contributed by atoms with Gasteiger partial charge in [0.1, 0.15) is 60.1 Å². The van der Waals surface area contributed by atoms with E-state index in [0.717, 1.165) is 4.90 Å². The summed E-state index contributed by atoms with van der Waals surface area (Å²) in [6.45, 7) is 4.60. The molecule has 0 radical (unpaired) electrons. The van der Waals surface area contributed by atoms with Crippen LogP contribution in [0.4, 0.5) is 0 Å². The Kier molecular flexibility index (Phi) is 29.4. The Morgan fingerprint density at radius 3 is 1.73 bits per heavy atom. The summed E-state index contributed by atoms with van der Waals surface area (Å²) in [5, 5.41) is 58.4. The van der Waals surface area contributed by atoms with Gasteiger partial charge in [-0.3, -0.25) is 62.3 Å². The highest BCUT2D eigenvalue weighted by molar-refractivity contribution is 7.98. The number of hydrogen-bond acceptors (Lipinski definition) is 18. The van der Waals surface area contributed by atoms with Crippen LogP contribution in [0.5, 0.6) is 5.75 Å². The first-order valence-corrected chi connectivity index (χ1v) is 28.8. The molecule has 19 N–H and O–H groups in total. The molecule has 33 heteroatoms. The van der Waals surface area contributed by atoms with Crippen LogP contribution < -0.4 is 59.7 Å². The van der Waals surface area contributed by atoms with Crippen LogP contribution in [-0.4, -0.2) is 197 Å². The lowest BCUT2D eigenvalue weighted by molar-refractivity contribution is -0.144. The van der Waals surface area contributed by atoms with Gasteiger partial charge in [0.25, 0.3) is 0 Å². The predicted molar refractivity (Wildman–Crippen MR) is 304 cm³/mol. The number of nitrogens with zero attached hydrogens (tertiary/aromatic N) is 2. The second kappa shape index (κ2) is 35.4. The number of carboxylic acids is 3. The number of nitrogens with two attached hydrogens (primary N) is 3. The number of carboxylic acid groups (broad SMARTS) is 3. The monoisotopic (exact) mass is 1230 g/mol. The number of phenolic OH excluding ortho intramolecular Hbond substituents is 1. The quantitative estimate of drug-likeness (QED) is 0.0304. The number of likely N-dealkylation sites (tertiary alicyclic amines) is 1. The first kappa shape index (κ1) is 71.4. The summed E-state index contributed by atoms with van der Waals surface area (Å²) < 4.78 is 0. The van der Waals surface area contributed by atoms with Crippen LogP contribution in [0.25, 0.3) is 0 Å². The number of thioether (sulfide) groups is 1. The molecule has 1 fully saturated rings. The zero-order valence-electron chi connectivity index (χ0n) is 48.0. The number of rotatable bonds is 38.